The first-order valence-corrected chi connectivity index (χ1v) is 6.96. The second-order valence-corrected chi connectivity index (χ2v) is 5.35. The van der Waals surface area contributed by atoms with Crippen LogP contribution in [0.3, 0.4) is 0 Å². The lowest BCUT2D eigenvalue weighted by Crippen LogP contribution is -2.54. The lowest BCUT2D eigenvalue weighted by atomic mass is 9.99. The van der Waals surface area contributed by atoms with Crippen LogP contribution in [-0.2, 0) is 9.59 Å². The minimum atomic E-state index is -1.17. The van der Waals surface area contributed by atoms with Crippen LogP contribution in [0.15, 0.2) is 0 Å². The standard InChI is InChI=1S/C13H23N3O4/c1-3-13(2,11(18)19)14-8-10(17)16-12(20)15-9-6-4-5-7-9/h9,14H,3-8H2,1-2H3,(H,18,19)(H2,15,16,17,20). The minimum Gasteiger partial charge on any atom is -0.480 e. The Labute approximate surface area is 118 Å². The predicted molar refractivity (Wildman–Crippen MR) is 73.3 cm³/mol. The fourth-order valence-corrected chi connectivity index (χ4v) is 2.09. The molecule has 0 heterocycles. The van der Waals surface area contributed by atoms with E-state index < -0.39 is 23.4 Å². The SMILES string of the molecule is CCC(C)(NCC(=O)NC(=O)NC1CCCC1)C(=O)O. The molecule has 7 heteroatoms. The summed E-state index contributed by atoms with van der Waals surface area (Å²) in [4.78, 5) is 34.2. The van der Waals surface area contributed by atoms with Crippen molar-refractivity contribution in [3.8, 4) is 0 Å². The summed E-state index contributed by atoms with van der Waals surface area (Å²) in [6.07, 6.45) is 4.39. The lowest BCUT2D eigenvalue weighted by Gasteiger charge is -2.24. The molecule has 1 aliphatic rings. The topological polar surface area (TPSA) is 108 Å². The van der Waals surface area contributed by atoms with E-state index in [1.54, 1.807) is 6.92 Å². The smallest absolute Gasteiger partial charge is 0.323 e. The number of aliphatic carboxylic acids is 1. The van der Waals surface area contributed by atoms with Crippen LogP contribution in [0.4, 0.5) is 4.79 Å². The van der Waals surface area contributed by atoms with E-state index in [9.17, 15) is 14.4 Å². The minimum absolute atomic E-state index is 0.135. The molecule has 1 aliphatic carbocycles. The molecular formula is C13H23N3O4. The highest BCUT2D eigenvalue weighted by Crippen LogP contribution is 2.17. The zero-order chi connectivity index (χ0) is 15.2. The molecule has 0 spiro atoms. The van der Waals surface area contributed by atoms with Crippen molar-refractivity contribution in [3.63, 3.8) is 0 Å². The Balaban J connectivity index is 2.32. The van der Waals surface area contributed by atoms with Gasteiger partial charge in [-0.3, -0.25) is 20.2 Å². The van der Waals surface area contributed by atoms with E-state index in [0.29, 0.717) is 6.42 Å². The van der Waals surface area contributed by atoms with Gasteiger partial charge in [0.2, 0.25) is 5.91 Å². The fourth-order valence-electron chi connectivity index (χ4n) is 2.09. The van der Waals surface area contributed by atoms with Crippen LogP contribution < -0.4 is 16.0 Å². The second kappa shape index (κ2) is 7.23. The van der Waals surface area contributed by atoms with Gasteiger partial charge in [-0.25, -0.2) is 4.79 Å². The summed E-state index contributed by atoms with van der Waals surface area (Å²) >= 11 is 0. The van der Waals surface area contributed by atoms with Gasteiger partial charge in [0.15, 0.2) is 0 Å². The number of nitrogens with one attached hydrogen (secondary N) is 3. The number of carboxylic acid groups (broad SMARTS) is 1. The zero-order valence-corrected chi connectivity index (χ0v) is 12.0. The van der Waals surface area contributed by atoms with Crippen molar-refractivity contribution in [2.45, 2.75) is 57.5 Å². The third kappa shape index (κ3) is 4.80. The highest BCUT2D eigenvalue weighted by molar-refractivity contribution is 5.95. The predicted octanol–water partition coefficient (Wildman–Crippen LogP) is 0.598. The molecule has 0 aromatic heterocycles. The van der Waals surface area contributed by atoms with Crippen molar-refractivity contribution in [1.29, 1.82) is 0 Å². The quantitative estimate of drug-likeness (QED) is 0.571. The number of urea groups is 1. The van der Waals surface area contributed by atoms with Crippen LogP contribution in [0.5, 0.6) is 0 Å². The van der Waals surface area contributed by atoms with Crippen LogP contribution in [0.1, 0.15) is 46.0 Å². The van der Waals surface area contributed by atoms with Gasteiger partial charge in [-0.2, -0.15) is 0 Å². The van der Waals surface area contributed by atoms with Gasteiger partial charge in [0.05, 0.1) is 6.54 Å². The van der Waals surface area contributed by atoms with Gasteiger partial charge in [-0.15, -0.1) is 0 Å². The van der Waals surface area contributed by atoms with E-state index in [0.717, 1.165) is 25.7 Å². The molecule has 0 bridgehead atoms. The Hall–Kier alpha value is -1.63. The van der Waals surface area contributed by atoms with Crippen molar-refractivity contribution in [2.75, 3.05) is 6.54 Å². The van der Waals surface area contributed by atoms with Gasteiger partial charge >= 0.3 is 12.0 Å². The van der Waals surface area contributed by atoms with E-state index >= 15 is 0 Å². The van der Waals surface area contributed by atoms with Gasteiger partial charge in [-0.05, 0) is 26.2 Å². The van der Waals surface area contributed by atoms with E-state index in [-0.39, 0.29) is 12.6 Å². The lowest BCUT2D eigenvalue weighted by molar-refractivity contribution is -0.144. The fraction of sp³-hybridized carbons (Fsp3) is 0.769. The number of carbonyl (C=O) groups is 3. The van der Waals surface area contributed by atoms with Crippen LogP contribution in [0.2, 0.25) is 0 Å². The summed E-state index contributed by atoms with van der Waals surface area (Å²) in [5, 5.41) is 16.6. The Morgan fingerprint density at radius 1 is 1.25 bits per heavy atom. The largest absolute Gasteiger partial charge is 0.480 e. The first-order chi connectivity index (χ1) is 9.37. The molecule has 1 fully saturated rings. The third-order valence-electron chi connectivity index (χ3n) is 3.76. The molecule has 4 N–H and O–H groups in total. The molecule has 3 amide bonds. The molecule has 114 valence electrons. The average molecular weight is 285 g/mol. The maximum Gasteiger partial charge on any atom is 0.323 e. The van der Waals surface area contributed by atoms with Crippen LogP contribution >= 0.6 is 0 Å². The Kier molecular flexibility index (Phi) is 5.94. The summed E-state index contributed by atoms with van der Waals surface area (Å²) in [6.45, 7) is 3.00. The Morgan fingerprint density at radius 3 is 2.35 bits per heavy atom. The first kappa shape index (κ1) is 16.4. The normalized spacial score (nSPS) is 18.3. The van der Waals surface area contributed by atoms with E-state index in [1.165, 1.54) is 6.92 Å². The molecule has 7 nitrogen and oxygen atoms in total. The molecule has 1 atom stereocenters. The van der Waals surface area contributed by atoms with Crippen LogP contribution in [0, 0.1) is 0 Å². The van der Waals surface area contributed by atoms with Gasteiger partial charge in [-0.1, -0.05) is 19.8 Å². The highest BCUT2D eigenvalue weighted by Gasteiger charge is 2.31. The zero-order valence-electron chi connectivity index (χ0n) is 12.0. The average Bonchev–Trinajstić information content (AvgIpc) is 2.88. The summed E-state index contributed by atoms with van der Waals surface area (Å²) < 4.78 is 0. The van der Waals surface area contributed by atoms with Crippen LogP contribution in [0.25, 0.3) is 0 Å². The monoisotopic (exact) mass is 285 g/mol. The second-order valence-electron chi connectivity index (χ2n) is 5.35. The highest BCUT2D eigenvalue weighted by atomic mass is 16.4. The number of carboxylic acids is 1. The Morgan fingerprint density at radius 2 is 1.85 bits per heavy atom. The Bertz CT molecular complexity index is 380. The van der Waals surface area contributed by atoms with Crippen molar-refractivity contribution < 1.29 is 19.5 Å². The van der Waals surface area contributed by atoms with Crippen molar-refractivity contribution >= 4 is 17.9 Å². The number of hydrogen-bond donors (Lipinski definition) is 4. The number of rotatable bonds is 6. The van der Waals surface area contributed by atoms with Gasteiger partial charge in [0.25, 0.3) is 0 Å². The van der Waals surface area contributed by atoms with Crippen LogP contribution in [-0.4, -0.2) is 41.1 Å². The first-order valence-electron chi connectivity index (χ1n) is 6.96. The number of amides is 3. The number of imide groups is 1. The third-order valence-corrected chi connectivity index (χ3v) is 3.76. The molecule has 1 unspecified atom stereocenters. The number of carbonyl (C=O) groups excluding carboxylic acids is 2. The van der Waals surface area contributed by atoms with Gasteiger partial charge < -0.3 is 10.4 Å². The molecule has 0 saturated heterocycles. The maximum atomic E-state index is 11.6. The van der Waals surface area contributed by atoms with Crippen molar-refractivity contribution in [2.24, 2.45) is 0 Å². The summed E-state index contributed by atoms with van der Waals surface area (Å²) in [6, 6.07) is -0.382. The van der Waals surface area contributed by atoms with Crippen molar-refractivity contribution in [3.05, 3.63) is 0 Å². The summed E-state index contributed by atoms with van der Waals surface area (Å²) in [5.41, 5.74) is -1.17. The summed E-state index contributed by atoms with van der Waals surface area (Å²) in [7, 11) is 0. The maximum absolute atomic E-state index is 11.6. The molecule has 0 aromatic rings. The molecule has 0 radical (unpaired) electrons. The van der Waals surface area contributed by atoms with E-state index in [1.807, 2.05) is 0 Å². The van der Waals surface area contributed by atoms with E-state index in [4.69, 9.17) is 5.11 Å². The molecule has 1 saturated carbocycles. The summed E-state index contributed by atoms with van der Waals surface area (Å²) in [5.74, 6) is -1.57. The van der Waals surface area contributed by atoms with E-state index in [2.05, 4.69) is 16.0 Å². The molecule has 20 heavy (non-hydrogen) atoms. The van der Waals surface area contributed by atoms with Gasteiger partial charge in [0.1, 0.15) is 5.54 Å². The van der Waals surface area contributed by atoms with Gasteiger partial charge in [0, 0.05) is 6.04 Å². The molecule has 1 rings (SSSR count). The number of hydrogen-bond acceptors (Lipinski definition) is 4. The molecule has 0 aromatic carbocycles. The molecule has 0 aliphatic heterocycles. The molecular weight excluding hydrogens is 262 g/mol. The van der Waals surface area contributed by atoms with Crippen molar-refractivity contribution in [1.82, 2.24) is 16.0 Å².